The van der Waals surface area contributed by atoms with E-state index in [1.54, 1.807) is 6.20 Å². The van der Waals surface area contributed by atoms with Gasteiger partial charge in [-0.1, -0.05) is 6.08 Å². The van der Waals surface area contributed by atoms with Crippen LogP contribution in [0.5, 0.6) is 0 Å². The van der Waals surface area contributed by atoms with E-state index in [2.05, 4.69) is 28.0 Å². The third-order valence-corrected chi connectivity index (χ3v) is 3.19. The van der Waals surface area contributed by atoms with Gasteiger partial charge >= 0.3 is 0 Å². The van der Waals surface area contributed by atoms with E-state index < -0.39 is 0 Å². The zero-order valence-corrected chi connectivity index (χ0v) is 9.70. The van der Waals surface area contributed by atoms with Crippen LogP contribution in [-0.2, 0) is 0 Å². The first-order valence-corrected chi connectivity index (χ1v) is 5.75. The number of fused-ring (bicyclic) bond motifs is 1. The van der Waals surface area contributed by atoms with Crippen molar-refractivity contribution in [2.45, 2.75) is 6.42 Å². The Bertz CT molecular complexity index is 585. The van der Waals surface area contributed by atoms with Gasteiger partial charge in [-0.2, -0.15) is 0 Å². The Morgan fingerprint density at radius 2 is 2.35 bits per heavy atom. The van der Waals surface area contributed by atoms with Gasteiger partial charge in [0.1, 0.15) is 0 Å². The number of hydrogen-bond acceptors (Lipinski definition) is 2. The van der Waals surface area contributed by atoms with Crippen molar-refractivity contribution in [3.05, 3.63) is 36.0 Å². The Hall–Kier alpha value is -1.68. The molecule has 3 rings (SSSR count). The monoisotopic (exact) mass is 231 g/mol. The number of H-pyrrole nitrogens is 1. The lowest BCUT2D eigenvalue weighted by atomic mass is 10.0. The molecule has 0 saturated heterocycles. The van der Waals surface area contributed by atoms with Crippen LogP contribution in [0.3, 0.4) is 0 Å². The molecule has 0 amide bonds. The predicted molar refractivity (Wildman–Crippen MR) is 66.1 cm³/mol. The average Bonchev–Trinajstić information content (AvgIpc) is 2.79. The molecule has 2 aromatic rings. The summed E-state index contributed by atoms with van der Waals surface area (Å²) < 4.78 is 13.5. The van der Waals surface area contributed by atoms with E-state index in [-0.39, 0.29) is 5.82 Å². The lowest BCUT2D eigenvalue weighted by Crippen LogP contribution is -2.25. The quantitative estimate of drug-likeness (QED) is 0.817. The zero-order valence-electron chi connectivity index (χ0n) is 9.70. The van der Waals surface area contributed by atoms with Gasteiger partial charge in [-0.25, -0.2) is 4.39 Å². The highest BCUT2D eigenvalue weighted by molar-refractivity contribution is 5.91. The summed E-state index contributed by atoms with van der Waals surface area (Å²) in [5.74, 6) is -0.293. The summed E-state index contributed by atoms with van der Waals surface area (Å²) in [6, 6.07) is 1.89. The molecule has 2 aromatic heterocycles. The van der Waals surface area contributed by atoms with Gasteiger partial charge in [0.05, 0.1) is 17.4 Å². The number of nitrogens with zero attached hydrogens (tertiary/aromatic N) is 2. The van der Waals surface area contributed by atoms with Crippen LogP contribution in [0.15, 0.2) is 24.5 Å². The van der Waals surface area contributed by atoms with Gasteiger partial charge in [-0.05, 0) is 25.1 Å². The van der Waals surface area contributed by atoms with Crippen LogP contribution in [-0.4, -0.2) is 35.0 Å². The smallest absolute Gasteiger partial charge is 0.165 e. The molecule has 0 spiro atoms. The fourth-order valence-electron chi connectivity index (χ4n) is 2.34. The van der Waals surface area contributed by atoms with Crippen LogP contribution in [0.2, 0.25) is 0 Å². The predicted octanol–water partition coefficient (Wildman–Crippen LogP) is 2.42. The molecule has 1 N–H and O–H groups in total. The molecule has 17 heavy (non-hydrogen) atoms. The number of aromatic nitrogens is 2. The third-order valence-electron chi connectivity index (χ3n) is 3.19. The van der Waals surface area contributed by atoms with Gasteiger partial charge in [0, 0.05) is 24.7 Å². The summed E-state index contributed by atoms with van der Waals surface area (Å²) in [6.07, 6.45) is 6.28. The van der Waals surface area contributed by atoms with E-state index in [1.807, 2.05) is 6.07 Å². The van der Waals surface area contributed by atoms with Crippen LogP contribution < -0.4 is 0 Å². The number of rotatable bonds is 1. The van der Waals surface area contributed by atoms with Crippen molar-refractivity contribution in [2.24, 2.45) is 0 Å². The minimum absolute atomic E-state index is 0.293. The summed E-state index contributed by atoms with van der Waals surface area (Å²) in [6.45, 7) is 1.94. The van der Waals surface area contributed by atoms with Crippen LogP contribution in [0.1, 0.15) is 12.1 Å². The molecule has 1 aliphatic rings. The number of halogens is 1. The topological polar surface area (TPSA) is 31.9 Å². The second kappa shape index (κ2) is 3.96. The van der Waals surface area contributed by atoms with E-state index in [9.17, 15) is 4.39 Å². The molecule has 0 saturated carbocycles. The second-order valence-electron chi connectivity index (χ2n) is 4.48. The minimum Gasteiger partial charge on any atom is -0.359 e. The first-order chi connectivity index (χ1) is 8.25. The lowest BCUT2D eigenvalue weighted by molar-refractivity contribution is 0.372. The van der Waals surface area contributed by atoms with E-state index in [4.69, 9.17) is 0 Å². The summed E-state index contributed by atoms with van der Waals surface area (Å²) in [4.78, 5) is 9.42. The molecule has 3 heterocycles. The van der Waals surface area contributed by atoms with Crippen molar-refractivity contribution in [1.82, 2.24) is 14.9 Å². The largest absolute Gasteiger partial charge is 0.359 e. The molecule has 1 aliphatic heterocycles. The minimum atomic E-state index is -0.293. The molecule has 0 aromatic carbocycles. The van der Waals surface area contributed by atoms with Gasteiger partial charge in [0.2, 0.25) is 0 Å². The molecule has 3 nitrogen and oxygen atoms in total. The summed E-state index contributed by atoms with van der Waals surface area (Å²) in [7, 11) is 2.09. The second-order valence-corrected chi connectivity index (χ2v) is 4.48. The number of pyridine rings is 1. The van der Waals surface area contributed by atoms with Crippen molar-refractivity contribution in [3.8, 4) is 0 Å². The van der Waals surface area contributed by atoms with Gasteiger partial charge in [-0.15, -0.1) is 0 Å². The van der Waals surface area contributed by atoms with E-state index in [0.717, 1.165) is 30.6 Å². The van der Waals surface area contributed by atoms with Crippen LogP contribution in [0.4, 0.5) is 4.39 Å². The number of aromatic amines is 1. The Kier molecular flexibility index (Phi) is 2.44. The lowest BCUT2D eigenvalue weighted by Gasteiger charge is -2.22. The molecule has 88 valence electrons. The fourth-order valence-corrected chi connectivity index (χ4v) is 2.34. The molecule has 0 radical (unpaired) electrons. The van der Waals surface area contributed by atoms with Crippen LogP contribution >= 0.6 is 0 Å². The Morgan fingerprint density at radius 3 is 3.18 bits per heavy atom. The standard InChI is InChI=1S/C13H14FN3/c1-17-6-2-3-9(8-17)12-10-4-5-15-13(10)11(14)7-16-12/h3-5,7,15H,2,6,8H2,1H3. The summed E-state index contributed by atoms with van der Waals surface area (Å²) in [5.41, 5.74) is 2.63. The van der Waals surface area contributed by atoms with E-state index in [0.29, 0.717) is 5.52 Å². The van der Waals surface area contributed by atoms with Gasteiger partial charge < -0.3 is 9.88 Å². The van der Waals surface area contributed by atoms with Crippen molar-refractivity contribution in [3.63, 3.8) is 0 Å². The van der Waals surface area contributed by atoms with E-state index in [1.165, 1.54) is 11.8 Å². The molecule has 0 unspecified atom stereocenters. The van der Waals surface area contributed by atoms with Crippen molar-refractivity contribution in [2.75, 3.05) is 20.1 Å². The highest BCUT2D eigenvalue weighted by Gasteiger charge is 2.15. The number of hydrogen-bond donors (Lipinski definition) is 1. The van der Waals surface area contributed by atoms with Gasteiger partial charge in [-0.3, -0.25) is 4.98 Å². The number of nitrogens with one attached hydrogen (secondary N) is 1. The van der Waals surface area contributed by atoms with E-state index >= 15 is 0 Å². The highest BCUT2D eigenvalue weighted by atomic mass is 19.1. The first-order valence-electron chi connectivity index (χ1n) is 5.75. The fraction of sp³-hybridized carbons (Fsp3) is 0.308. The van der Waals surface area contributed by atoms with Gasteiger partial charge in [0.15, 0.2) is 5.82 Å². The molecular formula is C13H14FN3. The first kappa shape index (κ1) is 10.5. The molecule has 0 aliphatic carbocycles. The SMILES string of the molecule is CN1CCC=C(c2ncc(F)c3[nH]ccc23)C1. The van der Waals surface area contributed by atoms with Crippen molar-refractivity contribution in [1.29, 1.82) is 0 Å². The average molecular weight is 231 g/mol. The molecule has 0 atom stereocenters. The molecule has 0 fully saturated rings. The highest BCUT2D eigenvalue weighted by Crippen LogP contribution is 2.26. The molecule has 4 heteroatoms. The normalized spacial score (nSPS) is 17.4. The Balaban J connectivity index is 2.14. The maximum Gasteiger partial charge on any atom is 0.165 e. The Morgan fingerprint density at radius 1 is 1.47 bits per heavy atom. The summed E-state index contributed by atoms with van der Waals surface area (Å²) >= 11 is 0. The van der Waals surface area contributed by atoms with Crippen LogP contribution in [0, 0.1) is 5.82 Å². The van der Waals surface area contributed by atoms with Crippen molar-refractivity contribution >= 4 is 16.5 Å². The molecule has 0 bridgehead atoms. The van der Waals surface area contributed by atoms with Crippen molar-refractivity contribution < 1.29 is 4.39 Å². The zero-order chi connectivity index (χ0) is 11.8. The maximum atomic E-state index is 13.5. The molecular weight excluding hydrogens is 217 g/mol. The number of likely N-dealkylation sites (N-methyl/N-ethyl adjacent to an activating group) is 1. The maximum absolute atomic E-state index is 13.5. The van der Waals surface area contributed by atoms with Gasteiger partial charge in [0.25, 0.3) is 0 Å². The Labute approximate surface area is 99.0 Å². The third kappa shape index (κ3) is 1.74. The van der Waals surface area contributed by atoms with Crippen LogP contribution in [0.25, 0.3) is 16.5 Å². The summed E-state index contributed by atoms with van der Waals surface area (Å²) in [5, 5.41) is 0.867.